The Kier molecular flexibility index (Phi) is 6.27. The molecule has 2 aromatic heterocycles. The molecule has 0 atom stereocenters. The van der Waals surface area contributed by atoms with E-state index in [4.69, 9.17) is 4.42 Å². The van der Waals surface area contributed by atoms with Gasteiger partial charge >= 0.3 is 6.18 Å². The first-order valence-electron chi connectivity index (χ1n) is 8.08. The van der Waals surface area contributed by atoms with Crippen LogP contribution in [0.25, 0.3) is 0 Å². The Morgan fingerprint density at radius 2 is 2.00 bits per heavy atom. The molecule has 6 nitrogen and oxygen atoms in total. The van der Waals surface area contributed by atoms with Gasteiger partial charge in [0, 0.05) is 17.3 Å². The Bertz CT molecular complexity index is 746. The molecule has 0 aliphatic rings. The fraction of sp³-hybridized carbons (Fsp3) is 0.562. The van der Waals surface area contributed by atoms with Gasteiger partial charge in [-0.05, 0) is 6.92 Å². The lowest BCUT2D eigenvalue weighted by Crippen LogP contribution is -2.36. The zero-order chi connectivity index (χ0) is 19.4. The van der Waals surface area contributed by atoms with Crippen molar-refractivity contribution in [1.82, 2.24) is 20.6 Å². The number of aliphatic imine (C=N–C) groups is 1. The van der Waals surface area contributed by atoms with Crippen LogP contribution in [-0.4, -0.2) is 22.5 Å². The Balaban J connectivity index is 1.98. The number of hydrogen-bond donors (Lipinski definition) is 2. The van der Waals surface area contributed by atoms with Crippen molar-refractivity contribution in [2.75, 3.05) is 6.54 Å². The van der Waals surface area contributed by atoms with Gasteiger partial charge in [0.05, 0.1) is 12.7 Å². The number of nitrogens with zero attached hydrogens (tertiary/aromatic N) is 3. The summed E-state index contributed by atoms with van der Waals surface area (Å²) in [5, 5.41) is 7.31. The van der Waals surface area contributed by atoms with Crippen molar-refractivity contribution in [1.29, 1.82) is 0 Å². The van der Waals surface area contributed by atoms with Crippen LogP contribution in [0.2, 0.25) is 0 Å². The molecule has 2 aromatic rings. The van der Waals surface area contributed by atoms with Crippen LogP contribution in [0, 0.1) is 0 Å². The molecule has 0 saturated heterocycles. The summed E-state index contributed by atoms with van der Waals surface area (Å²) in [6, 6.07) is 0. The molecule has 0 aromatic carbocycles. The summed E-state index contributed by atoms with van der Waals surface area (Å²) >= 11 is 0.950. The molecule has 26 heavy (non-hydrogen) atoms. The zero-order valence-electron chi connectivity index (χ0n) is 15.1. The van der Waals surface area contributed by atoms with Crippen molar-refractivity contribution in [2.24, 2.45) is 4.99 Å². The van der Waals surface area contributed by atoms with Crippen LogP contribution < -0.4 is 10.6 Å². The highest BCUT2D eigenvalue weighted by Gasteiger charge is 2.33. The molecule has 2 N–H and O–H groups in total. The third-order valence-electron chi connectivity index (χ3n) is 3.26. The third-order valence-corrected chi connectivity index (χ3v) is 4.11. The fourth-order valence-electron chi connectivity index (χ4n) is 1.90. The number of oxazole rings is 1. The molecule has 0 fully saturated rings. The van der Waals surface area contributed by atoms with Crippen LogP contribution in [0.1, 0.15) is 50.0 Å². The summed E-state index contributed by atoms with van der Waals surface area (Å²) in [4.78, 5) is 12.1. The van der Waals surface area contributed by atoms with Gasteiger partial charge in [0.25, 0.3) is 0 Å². The molecule has 0 saturated carbocycles. The van der Waals surface area contributed by atoms with Crippen molar-refractivity contribution in [3.63, 3.8) is 0 Å². The first kappa shape index (κ1) is 20.2. The molecule has 0 bridgehead atoms. The maximum Gasteiger partial charge on any atom is 0.434 e. The van der Waals surface area contributed by atoms with E-state index < -0.39 is 11.9 Å². The summed E-state index contributed by atoms with van der Waals surface area (Å²) in [5.74, 6) is 1.69. The van der Waals surface area contributed by atoms with Crippen LogP contribution in [-0.2, 0) is 24.7 Å². The molecule has 0 aliphatic heterocycles. The van der Waals surface area contributed by atoms with Gasteiger partial charge in [0.2, 0.25) is 5.89 Å². The predicted molar refractivity (Wildman–Crippen MR) is 94.0 cm³/mol. The van der Waals surface area contributed by atoms with Gasteiger partial charge in [0.1, 0.15) is 17.3 Å². The number of aromatic nitrogens is 2. The van der Waals surface area contributed by atoms with Gasteiger partial charge in [-0.2, -0.15) is 13.2 Å². The highest BCUT2D eigenvalue weighted by Crippen LogP contribution is 2.29. The number of rotatable bonds is 5. The molecule has 0 aliphatic carbocycles. The van der Waals surface area contributed by atoms with E-state index in [1.54, 1.807) is 6.20 Å². The summed E-state index contributed by atoms with van der Waals surface area (Å²) in [5.41, 5.74) is -1.02. The van der Waals surface area contributed by atoms with Crippen molar-refractivity contribution in [3.8, 4) is 0 Å². The van der Waals surface area contributed by atoms with E-state index in [-0.39, 0.29) is 18.5 Å². The summed E-state index contributed by atoms with van der Waals surface area (Å²) < 4.78 is 43.4. The van der Waals surface area contributed by atoms with E-state index in [1.807, 2.05) is 27.7 Å². The van der Waals surface area contributed by atoms with Crippen LogP contribution >= 0.6 is 11.3 Å². The van der Waals surface area contributed by atoms with Crippen molar-refractivity contribution in [3.05, 3.63) is 33.9 Å². The van der Waals surface area contributed by atoms with Gasteiger partial charge in [0.15, 0.2) is 11.7 Å². The molecule has 2 rings (SSSR count). The Morgan fingerprint density at radius 3 is 2.54 bits per heavy atom. The van der Waals surface area contributed by atoms with Crippen LogP contribution in [0.3, 0.4) is 0 Å². The minimum Gasteiger partial charge on any atom is -0.443 e. The van der Waals surface area contributed by atoms with Crippen molar-refractivity contribution in [2.45, 2.75) is 52.4 Å². The lowest BCUT2D eigenvalue weighted by molar-refractivity contribution is -0.140. The minimum atomic E-state index is -4.43. The number of guanidine groups is 1. The van der Waals surface area contributed by atoms with Crippen molar-refractivity contribution < 1.29 is 17.6 Å². The summed E-state index contributed by atoms with van der Waals surface area (Å²) in [7, 11) is 0. The molecule has 0 amide bonds. The quantitative estimate of drug-likeness (QED) is 0.602. The average molecular weight is 389 g/mol. The fourth-order valence-corrected chi connectivity index (χ4v) is 2.64. The third kappa shape index (κ3) is 5.72. The molecule has 0 unspecified atom stereocenters. The van der Waals surface area contributed by atoms with E-state index >= 15 is 0 Å². The highest BCUT2D eigenvalue weighted by molar-refractivity contribution is 7.09. The number of thiazole rings is 1. The average Bonchev–Trinajstić information content (AvgIpc) is 3.18. The molecule has 0 spiro atoms. The first-order chi connectivity index (χ1) is 12.1. The molecule has 10 heteroatoms. The van der Waals surface area contributed by atoms with Gasteiger partial charge in [-0.1, -0.05) is 20.8 Å². The van der Waals surface area contributed by atoms with E-state index in [9.17, 15) is 13.2 Å². The summed E-state index contributed by atoms with van der Waals surface area (Å²) in [6.07, 6.45) is -2.75. The molecular formula is C16H22F3N5OS. The molecule has 2 heterocycles. The second kappa shape index (κ2) is 8.07. The highest BCUT2D eigenvalue weighted by atomic mass is 32.1. The number of nitrogens with one attached hydrogen (secondary N) is 2. The van der Waals surface area contributed by atoms with Gasteiger partial charge in [-0.15, -0.1) is 11.3 Å². The smallest absolute Gasteiger partial charge is 0.434 e. The van der Waals surface area contributed by atoms with Crippen LogP contribution in [0.15, 0.2) is 21.0 Å². The number of halogens is 3. The second-order valence-electron chi connectivity index (χ2n) is 6.54. The lowest BCUT2D eigenvalue weighted by Gasteiger charge is -2.13. The SMILES string of the molecule is CCNC(=NCc1ncc(C(C)(C)C)o1)NCc1nc(C(F)(F)F)cs1. The first-order valence-corrected chi connectivity index (χ1v) is 8.96. The maximum atomic E-state index is 12.6. The standard InChI is InChI=1S/C16H22F3N5OS/c1-5-20-14(22-7-12-21-6-11(25-12)15(2,3)4)23-8-13-24-10(9-26-13)16(17,18)19/h6,9H,5,7-8H2,1-4H3,(H2,20,22,23). The number of hydrogen-bond acceptors (Lipinski definition) is 5. The zero-order valence-corrected chi connectivity index (χ0v) is 15.9. The predicted octanol–water partition coefficient (Wildman–Crippen LogP) is 3.70. The van der Waals surface area contributed by atoms with Crippen LogP contribution in [0.4, 0.5) is 13.2 Å². The maximum absolute atomic E-state index is 12.6. The van der Waals surface area contributed by atoms with E-state index in [2.05, 4.69) is 25.6 Å². The molecule has 0 radical (unpaired) electrons. The monoisotopic (exact) mass is 389 g/mol. The van der Waals surface area contributed by atoms with Crippen molar-refractivity contribution >= 4 is 17.3 Å². The normalized spacial score (nSPS) is 13.1. The van der Waals surface area contributed by atoms with Gasteiger partial charge in [-0.25, -0.2) is 15.0 Å². The minimum absolute atomic E-state index is 0.140. The van der Waals surface area contributed by atoms with Gasteiger partial charge < -0.3 is 15.1 Å². The molecular weight excluding hydrogens is 367 g/mol. The Morgan fingerprint density at radius 1 is 1.27 bits per heavy atom. The largest absolute Gasteiger partial charge is 0.443 e. The van der Waals surface area contributed by atoms with Gasteiger partial charge in [-0.3, -0.25) is 0 Å². The summed E-state index contributed by atoms with van der Waals surface area (Å²) in [6.45, 7) is 8.93. The second-order valence-corrected chi connectivity index (χ2v) is 7.48. The topological polar surface area (TPSA) is 75.3 Å². The Labute approximate surface area is 154 Å². The van der Waals surface area contributed by atoms with Crippen LogP contribution in [0.5, 0.6) is 0 Å². The van der Waals surface area contributed by atoms with E-state index in [0.29, 0.717) is 23.4 Å². The molecule has 144 valence electrons. The number of alkyl halides is 3. The Hall–Kier alpha value is -2.10. The van der Waals surface area contributed by atoms with E-state index in [1.165, 1.54) is 0 Å². The van der Waals surface area contributed by atoms with E-state index in [0.717, 1.165) is 22.5 Å². The lowest BCUT2D eigenvalue weighted by atomic mass is 9.94.